The summed E-state index contributed by atoms with van der Waals surface area (Å²) in [6.07, 6.45) is 2.46. The summed E-state index contributed by atoms with van der Waals surface area (Å²) in [6.45, 7) is 5.00. The molecule has 0 bridgehead atoms. The second-order valence-corrected chi connectivity index (χ2v) is 11.1. The number of nitrogens with two attached hydrogens (primary N) is 2. The molecule has 1 saturated heterocycles. The summed E-state index contributed by atoms with van der Waals surface area (Å²) < 4.78 is 5.93. The van der Waals surface area contributed by atoms with Crippen molar-refractivity contribution in [3.05, 3.63) is 53.3 Å². The van der Waals surface area contributed by atoms with Crippen LogP contribution in [0.4, 0.5) is 0 Å². The fourth-order valence-electron chi connectivity index (χ4n) is 6.12. The van der Waals surface area contributed by atoms with E-state index in [9.17, 15) is 14.7 Å². The predicted octanol–water partition coefficient (Wildman–Crippen LogP) is -1.58. The average molecular weight is 549 g/mol. The monoisotopic (exact) mass is 548 g/mol. The Hall–Kier alpha value is -4.46. The van der Waals surface area contributed by atoms with Gasteiger partial charge in [0.25, 0.3) is 11.8 Å². The number of carbonyl (C=O) groups excluding carboxylic acids is 2. The van der Waals surface area contributed by atoms with Crippen molar-refractivity contribution in [1.82, 2.24) is 31.0 Å². The number of para-hydroxylation sites is 1. The molecule has 5 atom stereocenters. The number of aromatic nitrogens is 2. The molecule has 2 aromatic rings. The van der Waals surface area contributed by atoms with E-state index in [1.807, 2.05) is 12.1 Å². The number of benzene rings is 1. The third-order valence-corrected chi connectivity index (χ3v) is 8.25. The van der Waals surface area contributed by atoms with Crippen molar-refractivity contribution in [2.24, 2.45) is 21.5 Å². The maximum absolute atomic E-state index is 13.5. The summed E-state index contributed by atoms with van der Waals surface area (Å²) in [5.41, 5.74) is 12.8. The number of hydrogen-bond donors (Lipinski definition) is 6. The van der Waals surface area contributed by atoms with Crippen LogP contribution >= 0.6 is 0 Å². The van der Waals surface area contributed by atoms with E-state index in [0.29, 0.717) is 23.5 Å². The number of fused-ring (bicyclic) bond motifs is 1. The van der Waals surface area contributed by atoms with Crippen molar-refractivity contribution >= 4 is 23.7 Å². The van der Waals surface area contributed by atoms with Crippen LogP contribution < -0.4 is 32.2 Å². The van der Waals surface area contributed by atoms with E-state index in [1.54, 1.807) is 17.0 Å². The maximum Gasteiger partial charge on any atom is 0.255 e. The van der Waals surface area contributed by atoms with Gasteiger partial charge >= 0.3 is 0 Å². The van der Waals surface area contributed by atoms with Gasteiger partial charge in [-0.3, -0.25) is 9.59 Å². The summed E-state index contributed by atoms with van der Waals surface area (Å²) in [5.74, 6) is 0.0653. The average Bonchev–Trinajstić information content (AvgIpc) is 3.43. The van der Waals surface area contributed by atoms with Gasteiger partial charge in [0, 0.05) is 18.7 Å². The maximum atomic E-state index is 13.5. The van der Waals surface area contributed by atoms with Crippen molar-refractivity contribution in [1.29, 1.82) is 0 Å². The first-order valence-corrected chi connectivity index (χ1v) is 13.1. The Bertz CT molecular complexity index is 1410. The molecule has 4 aliphatic heterocycles. The van der Waals surface area contributed by atoms with E-state index in [1.165, 1.54) is 12.4 Å². The van der Waals surface area contributed by atoms with Gasteiger partial charge in [0.2, 0.25) is 0 Å². The highest BCUT2D eigenvalue weighted by Gasteiger charge is 2.65. The number of nitrogens with zero attached hydrogens (tertiary/aromatic N) is 5. The van der Waals surface area contributed by atoms with Crippen LogP contribution in [-0.2, 0) is 5.41 Å². The molecule has 0 radical (unpaired) electrons. The number of rotatable bonds is 5. The van der Waals surface area contributed by atoms with Gasteiger partial charge in [-0.25, -0.2) is 9.98 Å². The first kappa shape index (κ1) is 25.8. The second kappa shape index (κ2) is 9.33. The molecule has 40 heavy (non-hydrogen) atoms. The number of hydrogen-bond acceptors (Lipinski definition) is 12. The molecule has 5 heterocycles. The number of ether oxygens (including phenoxy) is 1. The first-order chi connectivity index (χ1) is 19.1. The summed E-state index contributed by atoms with van der Waals surface area (Å²) >= 11 is 0. The largest absolute Gasteiger partial charge is 0.492 e. The molecule has 1 fully saturated rings. The normalized spacial score (nSPS) is 29.5. The molecule has 14 nitrogen and oxygen atoms in total. The number of nitrogens with one attached hydrogen (secondary N) is 3. The zero-order chi connectivity index (χ0) is 28.2. The minimum Gasteiger partial charge on any atom is -0.492 e. The van der Waals surface area contributed by atoms with E-state index in [2.05, 4.69) is 50.0 Å². The lowest BCUT2D eigenvalue weighted by molar-refractivity contribution is 0.0143. The van der Waals surface area contributed by atoms with Crippen LogP contribution in [0.2, 0.25) is 0 Å². The van der Waals surface area contributed by atoms with Crippen LogP contribution in [0.1, 0.15) is 46.5 Å². The van der Waals surface area contributed by atoms with E-state index >= 15 is 0 Å². The van der Waals surface area contributed by atoms with E-state index in [4.69, 9.17) is 16.2 Å². The summed E-state index contributed by atoms with van der Waals surface area (Å²) in [7, 11) is 0. The zero-order valence-electron chi connectivity index (χ0n) is 22.2. The van der Waals surface area contributed by atoms with E-state index in [-0.39, 0.29) is 42.2 Å². The number of aliphatic hydroxyl groups excluding tert-OH is 1. The van der Waals surface area contributed by atoms with Crippen LogP contribution in [0.25, 0.3) is 0 Å². The quantitative estimate of drug-likeness (QED) is 0.253. The number of aliphatic hydroxyl groups is 1. The molecule has 0 saturated carbocycles. The molecule has 210 valence electrons. The molecule has 4 aliphatic rings. The Morgan fingerprint density at radius 2 is 2.02 bits per heavy atom. The Morgan fingerprint density at radius 1 is 1.20 bits per heavy atom. The van der Waals surface area contributed by atoms with Crippen molar-refractivity contribution in [2.75, 3.05) is 19.7 Å². The van der Waals surface area contributed by atoms with Crippen molar-refractivity contribution < 1.29 is 19.4 Å². The third-order valence-electron chi connectivity index (χ3n) is 8.25. The first-order valence-electron chi connectivity index (χ1n) is 13.1. The van der Waals surface area contributed by atoms with Gasteiger partial charge in [-0.15, -0.1) is 0 Å². The van der Waals surface area contributed by atoms with Crippen LogP contribution in [0, 0.1) is 0 Å². The Kier molecular flexibility index (Phi) is 6.02. The van der Waals surface area contributed by atoms with E-state index in [0.717, 1.165) is 12.0 Å². The van der Waals surface area contributed by atoms with Crippen LogP contribution in [0.3, 0.4) is 0 Å². The van der Waals surface area contributed by atoms with Gasteiger partial charge in [0.1, 0.15) is 17.9 Å². The number of carbonyl (C=O) groups is 2. The predicted molar refractivity (Wildman–Crippen MR) is 145 cm³/mol. The van der Waals surface area contributed by atoms with Crippen molar-refractivity contribution in [3.8, 4) is 5.75 Å². The minimum absolute atomic E-state index is 0.0770. The lowest BCUT2D eigenvalue weighted by Crippen LogP contribution is -2.73. The molecule has 8 N–H and O–H groups in total. The summed E-state index contributed by atoms with van der Waals surface area (Å²) in [5, 5.41) is 28.0. The highest BCUT2D eigenvalue weighted by atomic mass is 16.5. The van der Waals surface area contributed by atoms with Crippen LogP contribution in [0.15, 0.2) is 46.6 Å². The summed E-state index contributed by atoms with van der Waals surface area (Å²) in [6, 6.07) is 5.01. The molecule has 6 rings (SSSR count). The molecule has 0 aliphatic carbocycles. The fourth-order valence-corrected chi connectivity index (χ4v) is 6.12. The fraction of sp³-hybridized carbons (Fsp3) is 0.462. The smallest absolute Gasteiger partial charge is 0.255 e. The Morgan fingerprint density at radius 3 is 2.80 bits per heavy atom. The molecule has 1 spiro atoms. The molecule has 14 heteroatoms. The lowest BCUT2D eigenvalue weighted by atomic mass is 9.79. The molecule has 3 unspecified atom stereocenters. The second-order valence-electron chi connectivity index (χ2n) is 11.1. The molecule has 2 amide bonds. The van der Waals surface area contributed by atoms with Crippen molar-refractivity contribution in [3.63, 3.8) is 0 Å². The SMILES string of the molecule is CC1(C)CCOc2c(C(=O)NC3CN4C(N)=N[C@@H](CNC(=O)c5ccnnc5)C5N=C(N)NC54[C@@H]3O)cccc21. The highest BCUT2D eigenvalue weighted by Crippen LogP contribution is 2.42. The van der Waals surface area contributed by atoms with Gasteiger partial charge in [-0.2, -0.15) is 10.2 Å². The molecular weight excluding hydrogens is 516 g/mol. The highest BCUT2D eigenvalue weighted by molar-refractivity contribution is 5.98. The van der Waals surface area contributed by atoms with Crippen molar-refractivity contribution in [2.45, 2.75) is 55.6 Å². The van der Waals surface area contributed by atoms with Gasteiger partial charge in [-0.05, 0) is 24.0 Å². The Balaban J connectivity index is 1.23. The van der Waals surface area contributed by atoms with Crippen LogP contribution in [-0.4, -0.2) is 93.5 Å². The topological polar surface area (TPSA) is 205 Å². The van der Waals surface area contributed by atoms with Gasteiger partial charge in [-0.1, -0.05) is 26.0 Å². The standard InChI is InChI=1S/C26H32N10O4/c1-25(2)7-9-40-18-14(4-3-5-15(18)25)22(39)32-17-12-36-24(28)33-16(11-29-21(38)13-6-8-30-31-10-13)19-26(36,20(17)37)35-23(27)34-19/h3-6,8,10,16-17,19-20,37H,7,9,11-12H2,1-2H3,(H2,28,33)(H,29,38)(H,32,39)(H3,27,34,35)/t16-,17?,19?,20+,26?/m0/s1. The lowest BCUT2D eigenvalue weighted by Gasteiger charge is -2.46. The minimum atomic E-state index is -1.25. The summed E-state index contributed by atoms with van der Waals surface area (Å²) in [4.78, 5) is 36.9. The van der Waals surface area contributed by atoms with Gasteiger partial charge in [0.05, 0.1) is 42.2 Å². The molecule has 1 aromatic carbocycles. The van der Waals surface area contributed by atoms with E-state index < -0.39 is 29.9 Å². The van der Waals surface area contributed by atoms with Crippen LogP contribution in [0.5, 0.6) is 5.75 Å². The third kappa shape index (κ3) is 3.97. The molecular formula is C26H32N10O4. The number of guanidine groups is 2. The van der Waals surface area contributed by atoms with Gasteiger partial charge in [0.15, 0.2) is 17.6 Å². The number of aliphatic imine (C=N–C) groups is 2. The zero-order valence-corrected chi connectivity index (χ0v) is 22.2. The Labute approximate surface area is 230 Å². The number of amides is 2. The molecule has 1 aromatic heterocycles. The van der Waals surface area contributed by atoms with Gasteiger partial charge < -0.3 is 42.2 Å².